The molecule has 24 heavy (non-hydrogen) atoms. The number of nitrogens with one attached hydrogen (secondary N) is 1. The molecule has 0 bridgehead atoms. The van der Waals surface area contributed by atoms with Crippen molar-refractivity contribution in [2.45, 2.75) is 45.8 Å². The Bertz CT molecular complexity index is 554. The predicted molar refractivity (Wildman–Crippen MR) is 99.5 cm³/mol. The van der Waals surface area contributed by atoms with Gasteiger partial charge >= 0.3 is 0 Å². The molecule has 2 rings (SSSR count). The fraction of sp³-hybridized carbons (Fsp3) is 0.381. The third-order valence-electron chi connectivity index (χ3n) is 3.91. The van der Waals surface area contributed by atoms with Crippen molar-refractivity contribution in [2.24, 2.45) is 0 Å². The van der Waals surface area contributed by atoms with Crippen molar-refractivity contribution in [3.63, 3.8) is 0 Å². The molecule has 0 radical (unpaired) electrons. The van der Waals surface area contributed by atoms with E-state index in [4.69, 9.17) is 0 Å². The van der Waals surface area contributed by atoms with Crippen LogP contribution in [0.25, 0.3) is 0 Å². The molecule has 0 spiro atoms. The Hall–Kier alpha value is -2.13. The highest BCUT2D eigenvalue weighted by Gasteiger charge is 2.14. The standard InChI is InChI=1S/C21H28N2O/c1-18(2)22-15-9-14-21(24)23(16-19-10-5-3-6-11-19)17-20-12-7-4-8-13-20/h3-8,10-13,18,22H,9,14-17H2,1-2H3. The zero-order valence-corrected chi connectivity index (χ0v) is 14.7. The molecule has 0 fully saturated rings. The molecule has 0 saturated carbocycles. The van der Waals surface area contributed by atoms with Crippen LogP contribution in [0, 0.1) is 0 Å². The van der Waals surface area contributed by atoms with Crippen LogP contribution < -0.4 is 5.32 Å². The average molecular weight is 324 g/mol. The molecule has 1 N–H and O–H groups in total. The number of nitrogens with zero attached hydrogens (tertiary/aromatic N) is 1. The van der Waals surface area contributed by atoms with E-state index < -0.39 is 0 Å². The Labute approximate surface area is 145 Å². The summed E-state index contributed by atoms with van der Waals surface area (Å²) in [7, 11) is 0. The van der Waals surface area contributed by atoms with Crippen LogP contribution in [0.15, 0.2) is 60.7 Å². The van der Waals surface area contributed by atoms with Gasteiger partial charge < -0.3 is 10.2 Å². The molecule has 0 heterocycles. The van der Waals surface area contributed by atoms with Gasteiger partial charge in [-0.15, -0.1) is 0 Å². The van der Waals surface area contributed by atoms with E-state index in [1.807, 2.05) is 41.3 Å². The van der Waals surface area contributed by atoms with Crippen molar-refractivity contribution in [3.8, 4) is 0 Å². The van der Waals surface area contributed by atoms with E-state index in [2.05, 4.69) is 43.4 Å². The van der Waals surface area contributed by atoms with Crippen molar-refractivity contribution in [1.82, 2.24) is 10.2 Å². The Morgan fingerprint density at radius 3 is 1.88 bits per heavy atom. The van der Waals surface area contributed by atoms with Crippen molar-refractivity contribution in [1.29, 1.82) is 0 Å². The fourth-order valence-electron chi connectivity index (χ4n) is 2.63. The smallest absolute Gasteiger partial charge is 0.223 e. The zero-order chi connectivity index (χ0) is 17.2. The van der Waals surface area contributed by atoms with Crippen LogP contribution >= 0.6 is 0 Å². The predicted octanol–water partition coefficient (Wildman–Crippen LogP) is 3.99. The first kappa shape index (κ1) is 18.2. The van der Waals surface area contributed by atoms with Crippen molar-refractivity contribution < 1.29 is 4.79 Å². The van der Waals surface area contributed by atoms with Crippen LogP contribution in [0.2, 0.25) is 0 Å². The number of hydrogen-bond acceptors (Lipinski definition) is 2. The van der Waals surface area contributed by atoms with Crippen LogP contribution in [0.5, 0.6) is 0 Å². The van der Waals surface area contributed by atoms with Crippen LogP contribution in [0.1, 0.15) is 37.8 Å². The highest BCUT2D eigenvalue weighted by Crippen LogP contribution is 2.12. The first-order valence-corrected chi connectivity index (χ1v) is 8.74. The number of amides is 1. The third-order valence-corrected chi connectivity index (χ3v) is 3.91. The molecular weight excluding hydrogens is 296 g/mol. The zero-order valence-electron chi connectivity index (χ0n) is 14.7. The maximum atomic E-state index is 12.7. The first-order chi connectivity index (χ1) is 11.6. The number of rotatable bonds is 9. The summed E-state index contributed by atoms with van der Waals surface area (Å²) in [6.45, 7) is 6.45. The fourth-order valence-corrected chi connectivity index (χ4v) is 2.63. The molecule has 1 amide bonds. The van der Waals surface area contributed by atoms with Crippen molar-refractivity contribution in [2.75, 3.05) is 6.54 Å². The SMILES string of the molecule is CC(C)NCCCC(=O)N(Cc1ccccc1)Cc1ccccc1. The summed E-state index contributed by atoms with van der Waals surface area (Å²) >= 11 is 0. The van der Waals surface area contributed by atoms with Gasteiger partial charge in [-0.1, -0.05) is 74.5 Å². The summed E-state index contributed by atoms with van der Waals surface area (Å²) < 4.78 is 0. The number of hydrogen-bond donors (Lipinski definition) is 1. The van der Waals surface area contributed by atoms with Gasteiger partial charge in [0.1, 0.15) is 0 Å². The van der Waals surface area contributed by atoms with E-state index >= 15 is 0 Å². The summed E-state index contributed by atoms with van der Waals surface area (Å²) in [6.07, 6.45) is 1.45. The molecular formula is C21H28N2O. The lowest BCUT2D eigenvalue weighted by Gasteiger charge is -2.23. The second kappa shape index (κ2) is 9.89. The number of carbonyl (C=O) groups is 1. The summed E-state index contributed by atoms with van der Waals surface area (Å²) in [5, 5.41) is 3.37. The summed E-state index contributed by atoms with van der Waals surface area (Å²) in [6, 6.07) is 20.9. The summed E-state index contributed by atoms with van der Waals surface area (Å²) in [5.41, 5.74) is 2.34. The largest absolute Gasteiger partial charge is 0.334 e. The van der Waals surface area contributed by atoms with Crippen molar-refractivity contribution >= 4 is 5.91 Å². The molecule has 3 heteroatoms. The maximum Gasteiger partial charge on any atom is 0.223 e. The quantitative estimate of drug-likeness (QED) is 0.707. The van der Waals surface area contributed by atoms with Gasteiger partial charge in [0.15, 0.2) is 0 Å². The Morgan fingerprint density at radius 1 is 0.917 bits per heavy atom. The van der Waals surface area contributed by atoms with E-state index in [1.165, 1.54) is 11.1 Å². The molecule has 128 valence electrons. The van der Waals surface area contributed by atoms with Gasteiger partial charge in [-0.25, -0.2) is 0 Å². The molecule has 0 aliphatic heterocycles. The molecule has 0 unspecified atom stereocenters. The van der Waals surface area contributed by atoms with Crippen LogP contribution in [-0.4, -0.2) is 23.4 Å². The molecule has 0 aliphatic carbocycles. The molecule has 0 aliphatic rings. The molecule has 2 aromatic rings. The maximum absolute atomic E-state index is 12.7. The normalized spacial score (nSPS) is 10.8. The van der Waals surface area contributed by atoms with Crippen LogP contribution in [0.3, 0.4) is 0 Å². The van der Waals surface area contributed by atoms with E-state index in [1.54, 1.807) is 0 Å². The van der Waals surface area contributed by atoms with E-state index in [0.29, 0.717) is 25.6 Å². The van der Waals surface area contributed by atoms with Gasteiger partial charge in [0.05, 0.1) is 0 Å². The van der Waals surface area contributed by atoms with E-state index in [9.17, 15) is 4.79 Å². The third kappa shape index (κ3) is 6.55. The summed E-state index contributed by atoms with van der Waals surface area (Å²) in [5.74, 6) is 0.216. The van der Waals surface area contributed by atoms with Crippen LogP contribution in [-0.2, 0) is 17.9 Å². The number of carbonyl (C=O) groups excluding carboxylic acids is 1. The average Bonchev–Trinajstić information content (AvgIpc) is 2.59. The monoisotopic (exact) mass is 324 g/mol. The molecule has 0 aromatic heterocycles. The van der Waals surface area contributed by atoms with Crippen LogP contribution in [0.4, 0.5) is 0 Å². The Balaban J connectivity index is 1.97. The van der Waals surface area contributed by atoms with Gasteiger partial charge in [-0.3, -0.25) is 4.79 Å². The van der Waals surface area contributed by atoms with E-state index in [-0.39, 0.29) is 5.91 Å². The number of benzene rings is 2. The van der Waals surface area contributed by atoms with Gasteiger partial charge in [-0.05, 0) is 24.1 Å². The van der Waals surface area contributed by atoms with Crippen molar-refractivity contribution in [3.05, 3.63) is 71.8 Å². The van der Waals surface area contributed by atoms with E-state index in [0.717, 1.165) is 13.0 Å². The second-order valence-electron chi connectivity index (χ2n) is 6.43. The Kier molecular flexibility index (Phi) is 7.50. The minimum atomic E-state index is 0.216. The van der Waals surface area contributed by atoms with Gasteiger partial charge in [-0.2, -0.15) is 0 Å². The van der Waals surface area contributed by atoms with Gasteiger partial charge in [0, 0.05) is 25.6 Å². The second-order valence-corrected chi connectivity index (χ2v) is 6.43. The lowest BCUT2D eigenvalue weighted by atomic mass is 10.1. The lowest BCUT2D eigenvalue weighted by molar-refractivity contribution is -0.132. The highest BCUT2D eigenvalue weighted by atomic mass is 16.2. The van der Waals surface area contributed by atoms with Gasteiger partial charge in [0.25, 0.3) is 0 Å². The molecule has 0 atom stereocenters. The first-order valence-electron chi connectivity index (χ1n) is 8.74. The summed E-state index contributed by atoms with van der Waals surface area (Å²) in [4.78, 5) is 14.7. The topological polar surface area (TPSA) is 32.3 Å². The molecule has 3 nitrogen and oxygen atoms in total. The molecule has 2 aromatic carbocycles. The lowest BCUT2D eigenvalue weighted by Crippen LogP contribution is -2.31. The van der Waals surface area contributed by atoms with Gasteiger partial charge in [0.2, 0.25) is 5.91 Å². The molecule has 0 saturated heterocycles. The minimum absolute atomic E-state index is 0.216. The Morgan fingerprint density at radius 2 is 1.42 bits per heavy atom. The minimum Gasteiger partial charge on any atom is -0.334 e. The highest BCUT2D eigenvalue weighted by molar-refractivity contribution is 5.76.